The highest BCUT2D eigenvalue weighted by Gasteiger charge is 2.44. The average Bonchev–Trinajstić information content (AvgIpc) is 1.09. The molecule has 0 spiro atoms. The first-order valence-corrected chi connectivity index (χ1v) is 49.3. The molecule has 5 fully saturated rings. The molecule has 22 amide bonds. The molecular formula is C88H152N32O24. The number of rotatable bonds is 64. The predicted molar refractivity (Wildman–Crippen MR) is 516 cm³/mol. The number of nitrogens with one attached hydrogen (secondary N) is 19. The molecule has 808 valence electrons. The van der Waals surface area contributed by atoms with Gasteiger partial charge in [-0.1, -0.05) is 20.3 Å². The van der Waals surface area contributed by atoms with E-state index in [9.17, 15) is 110 Å². The van der Waals surface area contributed by atoms with Gasteiger partial charge in [-0.2, -0.15) is 0 Å². The summed E-state index contributed by atoms with van der Waals surface area (Å²) in [6, 6.07) is -16.9. The van der Waals surface area contributed by atoms with Crippen molar-refractivity contribution in [1.82, 2.24) is 120 Å². The highest BCUT2D eigenvalue weighted by molar-refractivity contribution is 6.02. The smallest absolute Gasteiger partial charge is 0.322 e. The van der Waals surface area contributed by atoms with Crippen LogP contribution in [-0.2, 0) is 110 Å². The zero-order valence-corrected chi connectivity index (χ0v) is 82.4. The van der Waals surface area contributed by atoms with Crippen LogP contribution in [-0.4, -0.2) is 394 Å². The molecule has 0 radical (unpaired) electrons. The Bertz CT molecular complexity index is 4420. The third-order valence-electron chi connectivity index (χ3n) is 25.1. The Morgan fingerprint density at radius 3 is 0.847 bits per heavy atom. The zero-order chi connectivity index (χ0) is 107. The van der Waals surface area contributed by atoms with Gasteiger partial charge in [0.25, 0.3) is 0 Å². The number of carboxylic acid groups (broad SMARTS) is 1. The summed E-state index contributed by atoms with van der Waals surface area (Å²) < 4.78 is 0. The summed E-state index contributed by atoms with van der Waals surface area (Å²) in [6.07, 6.45) is 4.67. The third-order valence-corrected chi connectivity index (χ3v) is 25.1. The first-order valence-electron chi connectivity index (χ1n) is 49.3. The summed E-state index contributed by atoms with van der Waals surface area (Å²) in [4.78, 5) is 317. The second-order valence-corrected chi connectivity index (χ2v) is 35.8. The molecule has 5 aliphatic heterocycles. The van der Waals surface area contributed by atoms with Crippen molar-refractivity contribution in [3.05, 3.63) is 0 Å². The molecule has 0 aromatic carbocycles. The fraction of sp³-hybridized carbons (Fsp3) is 0.727. The molecule has 0 bridgehead atoms. The Hall–Kier alpha value is -13.2. The Balaban J connectivity index is 1.12. The van der Waals surface area contributed by atoms with Gasteiger partial charge < -0.3 is 171 Å². The zero-order valence-electron chi connectivity index (χ0n) is 82.4. The normalized spacial score (nSPS) is 18.4. The van der Waals surface area contributed by atoms with Crippen molar-refractivity contribution >= 4 is 142 Å². The number of hydrogen-bond donors (Lipinski definition) is 28. The van der Waals surface area contributed by atoms with E-state index in [1.165, 1.54) is 31.4 Å². The standard InChI is InChI=1S/C88H152N32O24/c1-4-50(2)73(115-66(123)44-102-76(133)53(18-6-30-90)110-82(139)59-24-12-36-116(59)67(124)41-95)87(144)107-51(3)74(131)100-43-65(122)108-58(22-10-34-94)81(138)109-57(23-11-35-98-88(96)97)80(137)106-48-71(128)120-40-16-28-63(120)86(143)114-56(21-9-33-93)79(136)105-47-70(127)119-39-15-27-62(119)85(142)113-55(20-8-32-92)78(135)104-46-69(126)118-38-14-26-61(118)84(141)112-54(19-7-31-91)77(134)103-45-68(125)117-37-13-25-60(117)83(140)111-52(17-5-29-89)75(132)101-42-64(121)99-49-72(129)130/h50-63,73H,4-49,89-95H2,1-3H3,(H,99,121)(H,100,131)(H,101,132)(H,102,133)(H,103,134)(H,104,135)(H,105,136)(H,106,137)(H,107,144)(H,108,122)(H,109,138)(H,110,139)(H,111,140)(H,112,141)(H,113,142)(H,114,143)(H,115,123)(H,129,130)(H4,96,97,98)/t50-,51-,52-,53-,54-,55-,56-,57-,58-,59-,60-,61-,62-,63-,73-/m0/s1. The number of hydrogen-bond acceptors (Lipinski definition) is 31. The first-order chi connectivity index (χ1) is 68.7. The van der Waals surface area contributed by atoms with Crippen molar-refractivity contribution in [3.8, 4) is 0 Å². The topological polar surface area (TPSA) is 878 Å². The van der Waals surface area contributed by atoms with E-state index in [4.69, 9.17) is 56.4 Å². The molecular weight excluding hydrogens is 1890 g/mol. The van der Waals surface area contributed by atoms with Crippen LogP contribution in [0.1, 0.15) is 181 Å². The molecule has 5 aliphatic rings. The lowest BCUT2D eigenvalue weighted by Crippen LogP contribution is -2.58. The van der Waals surface area contributed by atoms with E-state index in [2.05, 4.69) is 95.7 Å². The molecule has 0 aromatic heterocycles. The van der Waals surface area contributed by atoms with Crippen LogP contribution in [0.5, 0.6) is 0 Å². The number of carbonyl (C=O) groups excluding carboxylic acids is 22. The maximum atomic E-state index is 14.2. The number of likely N-dealkylation sites (tertiary alicyclic amines) is 5. The summed E-state index contributed by atoms with van der Waals surface area (Å²) in [5.74, 6) is -18.8. The van der Waals surface area contributed by atoms with Crippen molar-refractivity contribution in [1.29, 1.82) is 5.41 Å². The van der Waals surface area contributed by atoms with Crippen LogP contribution in [0, 0.1) is 11.3 Å². The van der Waals surface area contributed by atoms with Gasteiger partial charge in [-0.15, -0.1) is 0 Å². The lowest BCUT2D eigenvalue weighted by molar-refractivity contribution is -0.141. The van der Waals surface area contributed by atoms with Gasteiger partial charge in [0.1, 0.15) is 91.1 Å². The van der Waals surface area contributed by atoms with Gasteiger partial charge in [0.05, 0.1) is 52.4 Å². The van der Waals surface area contributed by atoms with Crippen LogP contribution in [0.25, 0.3) is 0 Å². The number of carboxylic acids is 1. The molecule has 15 atom stereocenters. The van der Waals surface area contributed by atoms with E-state index in [1.54, 1.807) is 13.8 Å². The molecule has 0 aromatic rings. The summed E-state index contributed by atoms with van der Waals surface area (Å²) in [7, 11) is 0. The van der Waals surface area contributed by atoms with E-state index in [0.29, 0.717) is 57.9 Å². The number of carbonyl (C=O) groups is 23. The summed E-state index contributed by atoms with van der Waals surface area (Å²) in [5, 5.41) is 61.9. The van der Waals surface area contributed by atoms with Crippen molar-refractivity contribution in [2.24, 2.45) is 51.8 Å². The van der Waals surface area contributed by atoms with Crippen LogP contribution in [0.3, 0.4) is 0 Å². The fourth-order valence-electron chi connectivity index (χ4n) is 17.0. The first kappa shape index (κ1) is 121. The van der Waals surface area contributed by atoms with Crippen LogP contribution in [0.2, 0.25) is 0 Å². The summed E-state index contributed by atoms with van der Waals surface area (Å²) in [6.45, 7) is 0.396. The summed E-state index contributed by atoms with van der Waals surface area (Å²) in [5.41, 5.74) is 45.7. The molecule has 0 aliphatic carbocycles. The van der Waals surface area contributed by atoms with Gasteiger partial charge >= 0.3 is 5.97 Å². The van der Waals surface area contributed by atoms with Crippen LogP contribution < -0.4 is 142 Å². The van der Waals surface area contributed by atoms with Gasteiger partial charge in [0, 0.05) is 39.3 Å². The van der Waals surface area contributed by atoms with Gasteiger partial charge in [0.2, 0.25) is 130 Å². The van der Waals surface area contributed by atoms with Crippen molar-refractivity contribution in [2.45, 2.75) is 266 Å². The quantitative estimate of drug-likeness (QED) is 0.0153. The Morgan fingerprint density at radius 2 is 0.562 bits per heavy atom. The Labute approximate surface area is 834 Å². The minimum atomic E-state index is -1.41. The minimum absolute atomic E-state index is 0.00760. The van der Waals surface area contributed by atoms with E-state index >= 15 is 0 Å². The molecule has 36 N–H and O–H groups in total. The lowest BCUT2D eigenvalue weighted by atomic mass is 9.98. The van der Waals surface area contributed by atoms with E-state index in [1.807, 2.05) is 0 Å². The molecule has 56 nitrogen and oxygen atoms in total. The average molecular weight is 2040 g/mol. The predicted octanol–water partition coefficient (Wildman–Crippen LogP) is -14.0. The number of guanidine groups is 1. The number of amides is 22. The SMILES string of the molecule is CC[C@H](C)[C@H](NC(=O)CNC(=O)[C@H](CCCN)NC(=O)[C@@H]1CCCN1C(=O)CN)C(=O)N[C@@H](C)C(=O)NCC(=O)N[C@@H](CCCN)C(=O)N[C@@H](CCCNC(=N)N)C(=O)NCC(=O)N1CCC[C@H]1C(=O)N[C@@H](CCCN)C(=O)NCC(=O)N1CCC[C@H]1C(=O)N[C@@H](CCCN)C(=O)NCC(=O)N1CCC[C@H]1C(=O)N[C@@H](CCCN)C(=O)NCC(=O)N1CCC[C@H]1C(=O)N[C@@H](CCCN)C(=O)NCC(=O)NCC(=O)O. The van der Waals surface area contributed by atoms with Gasteiger partial charge in [-0.3, -0.25) is 116 Å². The van der Waals surface area contributed by atoms with E-state index in [0.717, 1.165) is 0 Å². The van der Waals surface area contributed by atoms with Crippen molar-refractivity contribution in [2.75, 3.05) is 137 Å². The molecule has 5 heterocycles. The maximum Gasteiger partial charge on any atom is 0.322 e. The Kier molecular flexibility index (Phi) is 54.3. The van der Waals surface area contributed by atoms with Gasteiger partial charge in [-0.25, -0.2) is 0 Å². The number of nitrogens with two attached hydrogens (primary N) is 8. The highest BCUT2D eigenvalue weighted by Crippen LogP contribution is 2.24. The van der Waals surface area contributed by atoms with E-state index < -0.39 is 285 Å². The number of aliphatic carboxylic acids is 1. The summed E-state index contributed by atoms with van der Waals surface area (Å²) >= 11 is 0. The third kappa shape index (κ3) is 40.5. The van der Waals surface area contributed by atoms with Gasteiger partial charge in [-0.05, 0) is 206 Å². The Morgan fingerprint density at radius 1 is 0.299 bits per heavy atom. The molecule has 144 heavy (non-hydrogen) atoms. The molecule has 0 saturated carbocycles. The minimum Gasteiger partial charge on any atom is -0.480 e. The largest absolute Gasteiger partial charge is 0.480 e. The monoisotopic (exact) mass is 2040 g/mol. The second-order valence-electron chi connectivity index (χ2n) is 35.8. The lowest BCUT2D eigenvalue weighted by Gasteiger charge is -2.28. The molecule has 0 unspecified atom stereocenters. The maximum absolute atomic E-state index is 14.2. The van der Waals surface area contributed by atoms with E-state index in [-0.39, 0.29) is 188 Å². The van der Waals surface area contributed by atoms with Crippen LogP contribution in [0.15, 0.2) is 0 Å². The highest BCUT2D eigenvalue weighted by atomic mass is 16.4. The fourth-order valence-corrected chi connectivity index (χ4v) is 17.0. The molecule has 5 saturated heterocycles. The van der Waals surface area contributed by atoms with Crippen molar-refractivity contribution < 1.29 is 115 Å². The number of nitrogens with zero attached hydrogens (tertiary/aromatic N) is 5. The molecule has 56 heteroatoms. The van der Waals surface area contributed by atoms with Crippen molar-refractivity contribution in [3.63, 3.8) is 0 Å². The van der Waals surface area contributed by atoms with Crippen LogP contribution >= 0.6 is 0 Å². The molecule has 5 rings (SSSR count). The van der Waals surface area contributed by atoms with Crippen LogP contribution in [0.4, 0.5) is 0 Å². The second kappa shape index (κ2) is 64.4. The van der Waals surface area contributed by atoms with Gasteiger partial charge in [0.15, 0.2) is 5.96 Å².